The Morgan fingerprint density at radius 1 is 1.40 bits per heavy atom. The number of carbonyl (C=O) groups excluding carboxylic acids is 2. The molecule has 0 aromatic carbocycles. The maximum absolute atomic E-state index is 12.1. The average molecular weight is 306 g/mol. The van der Waals surface area contributed by atoms with Crippen LogP contribution in [-0.4, -0.2) is 40.9 Å². The number of amides is 1. The fourth-order valence-electron chi connectivity index (χ4n) is 1.68. The van der Waals surface area contributed by atoms with Crippen LogP contribution in [0.3, 0.4) is 0 Å². The van der Waals surface area contributed by atoms with Crippen molar-refractivity contribution in [2.45, 2.75) is 20.4 Å². The number of ether oxygens (including phenoxy) is 2. The first kappa shape index (κ1) is 16.1. The Morgan fingerprint density at radius 3 is 2.55 bits per heavy atom. The standard InChI is InChI=1S/C11H16ClN3O5/c1-4-20-9(16)8-7(2)14(6-5-12)11(18)15(8)13-10(17)19-3/h4-6H2,1-3H3,(H,13,17). The van der Waals surface area contributed by atoms with Gasteiger partial charge in [0.05, 0.1) is 19.4 Å². The van der Waals surface area contributed by atoms with Crippen LogP contribution in [0.1, 0.15) is 23.1 Å². The molecule has 0 saturated carbocycles. The number of hydrogen-bond donors (Lipinski definition) is 1. The van der Waals surface area contributed by atoms with Gasteiger partial charge < -0.3 is 9.47 Å². The number of aromatic nitrogens is 2. The Hall–Kier alpha value is -1.96. The number of halogens is 1. The van der Waals surface area contributed by atoms with Crippen LogP contribution >= 0.6 is 11.6 Å². The summed E-state index contributed by atoms with van der Waals surface area (Å²) in [5.41, 5.74) is 1.86. The molecule has 8 nitrogen and oxygen atoms in total. The predicted molar refractivity (Wildman–Crippen MR) is 71.9 cm³/mol. The van der Waals surface area contributed by atoms with Gasteiger partial charge in [-0.15, -0.1) is 11.6 Å². The van der Waals surface area contributed by atoms with Crippen molar-refractivity contribution in [2.24, 2.45) is 0 Å². The molecule has 112 valence electrons. The van der Waals surface area contributed by atoms with Gasteiger partial charge >= 0.3 is 17.8 Å². The van der Waals surface area contributed by atoms with Crippen molar-refractivity contribution in [1.82, 2.24) is 9.24 Å². The van der Waals surface area contributed by atoms with Gasteiger partial charge in [-0.1, -0.05) is 0 Å². The average Bonchev–Trinajstić information content (AvgIpc) is 2.64. The summed E-state index contributed by atoms with van der Waals surface area (Å²) in [5, 5.41) is 0. The first-order chi connectivity index (χ1) is 9.47. The Morgan fingerprint density at radius 2 is 2.05 bits per heavy atom. The van der Waals surface area contributed by atoms with Gasteiger partial charge in [0.1, 0.15) is 0 Å². The predicted octanol–water partition coefficient (Wildman–Crippen LogP) is 0.684. The molecule has 0 radical (unpaired) electrons. The highest BCUT2D eigenvalue weighted by Gasteiger charge is 2.24. The number of alkyl halides is 1. The van der Waals surface area contributed by atoms with E-state index in [0.717, 1.165) is 11.8 Å². The summed E-state index contributed by atoms with van der Waals surface area (Å²) in [4.78, 5) is 35.3. The molecule has 20 heavy (non-hydrogen) atoms. The van der Waals surface area contributed by atoms with Gasteiger partial charge in [-0.05, 0) is 13.8 Å². The summed E-state index contributed by atoms with van der Waals surface area (Å²) >= 11 is 5.62. The first-order valence-electron chi connectivity index (χ1n) is 5.88. The summed E-state index contributed by atoms with van der Waals surface area (Å²) in [5.74, 6) is -0.530. The molecule has 0 spiro atoms. The number of rotatable bonds is 5. The third-order valence-electron chi connectivity index (χ3n) is 2.56. The van der Waals surface area contributed by atoms with Crippen molar-refractivity contribution in [3.8, 4) is 0 Å². The Kier molecular flexibility index (Phi) is 5.63. The summed E-state index contributed by atoms with van der Waals surface area (Å²) < 4.78 is 11.4. The quantitative estimate of drug-likeness (QED) is 0.638. The van der Waals surface area contributed by atoms with Crippen LogP contribution in [0.25, 0.3) is 0 Å². The zero-order valence-corrected chi connectivity index (χ0v) is 12.2. The molecular weight excluding hydrogens is 290 g/mol. The van der Waals surface area contributed by atoms with Crippen molar-refractivity contribution in [3.63, 3.8) is 0 Å². The third kappa shape index (κ3) is 3.13. The maximum atomic E-state index is 12.1. The molecule has 1 aromatic heterocycles. The highest BCUT2D eigenvalue weighted by atomic mass is 35.5. The minimum Gasteiger partial charge on any atom is -0.461 e. The van der Waals surface area contributed by atoms with Crippen molar-refractivity contribution in [2.75, 3.05) is 25.0 Å². The van der Waals surface area contributed by atoms with Gasteiger partial charge in [-0.2, -0.15) is 4.68 Å². The summed E-state index contributed by atoms with van der Waals surface area (Å²) in [6.07, 6.45) is -0.874. The van der Waals surface area contributed by atoms with Crippen molar-refractivity contribution in [1.29, 1.82) is 0 Å². The number of nitrogens with one attached hydrogen (secondary N) is 1. The molecule has 0 aliphatic rings. The number of nitrogens with zero attached hydrogens (tertiary/aromatic N) is 2. The molecule has 1 amide bonds. The third-order valence-corrected chi connectivity index (χ3v) is 2.73. The van der Waals surface area contributed by atoms with Gasteiger partial charge in [0, 0.05) is 12.4 Å². The number of esters is 1. The highest BCUT2D eigenvalue weighted by molar-refractivity contribution is 6.17. The molecule has 1 N–H and O–H groups in total. The van der Waals surface area contributed by atoms with Gasteiger partial charge in [0.2, 0.25) is 0 Å². The summed E-state index contributed by atoms with van der Waals surface area (Å²) in [7, 11) is 1.15. The normalized spacial score (nSPS) is 10.2. The van der Waals surface area contributed by atoms with E-state index in [1.807, 2.05) is 0 Å². The van der Waals surface area contributed by atoms with E-state index in [4.69, 9.17) is 16.3 Å². The molecule has 0 bridgehead atoms. The zero-order chi connectivity index (χ0) is 15.3. The Labute approximate surface area is 120 Å². The monoisotopic (exact) mass is 305 g/mol. The smallest absolute Gasteiger partial charge is 0.426 e. The molecule has 9 heteroatoms. The topological polar surface area (TPSA) is 91.6 Å². The van der Waals surface area contributed by atoms with E-state index in [2.05, 4.69) is 10.2 Å². The summed E-state index contributed by atoms with van der Waals surface area (Å²) in [6.45, 7) is 3.55. The van der Waals surface area contributed by atoms with Crippen LogP contribution < -0.4 is 11.1 Å². The molecule has 1 rings (SSSR count). The molecule has 1 aromatic rings. The number of methoxy groups -OCH3 is 1. The largest absolute Gasteiger partial charge is 0.461 e. The molecule has 0 atom stereocenters. The minimum absolute atomic E-state index is 0.0626. The second-order valence-corrected chi connectivity index (χ2v) is 4.09. The van der Waals surface area contributed by atoms with E-state index in [-0.39, 0.29) is 24.7 Å². The summed E-state index contributed by atoms with van der Waals surface area (Å²) in [6, 6.07) is 0. The fourth-order valence-corrected chi connectivity index (χ4v) is 1.85. The van der Waals surface area contributed by atoms with Crippen LogP contribution in [0.5, 0.6) is 0 Å². The Bertz CT molecular complexity index is 563. The van der Waals surface area contributed by atoms with E-state index in [0.29, 0.717) is 5.69 Å². The van der Waals surface area contributed by atoms with E-state index in [1.165, 1.54) is 4.57 Å². The first-order valence-corrected chi connectivity index (χ1v) is 6.41. The molecule has 0 aliphatic heterocycles. The van der Waals surface area contributed by atoms with Crippen molar-refractivity contribution in [3.05, 3.63) is 21.9 Å². The van der Waals surface area contributed by atoms with Gasteiger partial charge in [0.25, 0.3) is 0 Å². The molecule has 0 saturated heterocycles. The van der Waals surface area contributed by atoms with Crippen LogP contribution in [0.15, 0.2) is 4.79 Å². The van der Waals surface area contributed by atoms with E-state index in [1.54, 1.807) is 13.8 Å². The van der Waals surface area contributed by atoms with Gasteiger partial charge in [-0.3, -0.25) is 4.57 Å². The highest BCUT2D eigenvalue weighted by Crippen LogP contribution is 2.08. The SMILES string of the molecule is CCOC(=O)c1c(C)n(CCCl)c(=O)n1NC(=O)OC. The van der Waals surface area contributed by atoms with Crippen LogP contribution in [0.4, 0.5) is 4.79 Å². The number of hydrogen-bond acceptors (Lipinski definition) is 5. The lowest BCUT2D eigenvalue weighted by molar-refractivity contribution is 0.0514. The lowest BCUT2D eigenvalue weighted by Crippen LogP contribution is -2.36. The molecule has 0 fully saturated rings. The van der Waals surface area contributed by atoms with Crippen LogP contribution in [0.2, 0.25) is 0 Å². The zero-order valence-electron chi connectivity index (χ0n) is 11.4. The lowest BCUT2D eigenvalue weighted by atomic mass is 10.3. The lowest BCUT2D eigenvalue weighted by Gasteiger charge is -2.07. The van der Waals surface area contributed by atoms with Crippen molar-refractivity contribution >= 4 is 23.7 Å². The second-order valence-electron chi connectivity index (χ2n) is 3.72. The molecule has 0 aliphatic carbocycles. The number of carbonyl (C=O) groups is 2. The van der Waals surface area contributed by atoms with E-state index >= 15 is 0 Å². The maximum Gasteiger partial charge on any atom is 0.426 e. The minimum atomic E-state index is -0.874. The molecule has 0 unspecified atom stereocenters. The van der Waals surface area contributed by atoms with E-state index in [9.17, 15) is 14.4 Å². The van der Waals surface area contributed by atoms with Crippen LogP contribution in [0, 0.1) is 6.92 Å². The van der Waals surface area contributed by atoms with Gasteiger partial charge in [-0.25, -0.2) is 19.8 Å². The van der Waals surface area contributed by atoms with Crippen LogP contribution in [-0.2, 0) is 16.0 Å². The van der Waals surface area contributed by atoms with E-state index < -0.39 is 17.8 Å². The second kappa shape index (κ2) is 6.99. The molecule has 1 heterocycles. The number of imidazole rings is 1. The van der Waals surface area contributed by atoms with Crippen molar-refractivity contribution < 1.29 is 19.1 Å². The van der Waals surface area contributed by atoms with Gasteiger partial charge in [0.15, 0.2) is 5.69 Å². The fraction of sp³-hybridized carbons (Fsp3) is 0.545. The Balaban J connectivity index is 3.37. The molecular formula is C11H16ClN3O5.